The van der Waals surface area contributed by atoms with Crippen LogP contribution in [-0.2, 0) is 6.54 Å². The number of aromatic nitrogens is 2. The van der Waals surface area contributed by atoms with E-state index in [1.165, 1.54) is 0 Å². The van der Waals surface area contributed by atoms with Gasteiger partial charge in [0, 0.05) is 23.3 Å². The Morgan fingerprint density at radius 3 is 2.55 bits per heavy atom. The Morgan fingerprint density at radius 2 is 1.90 bits per heavy atom. The van der Waals surface area contributed by atoms with Gasteiger partial charge >= 0.3 is 0 Å². The highest BCUT2D eigenvalue weighted by molar-refractivity contribution is 5.57. The summed E-state index contributed by atoms with van der Waals surface area (Å²) in [6.45, 7) is 9.01. The zero-order chi connectivity index (χ0) is 14.8. The topological polar surface area (TPSA) is 58.0 Å². The van der Waals surface area contributed by atoms with E-state index in [1.54, 1.807) is 18.2 Å². The summed E-state index contributed by atoms with van der Waals surface area (Å²) in [6, 6.07) is 8.99. The van der Waals surface area contributed by atoms with E-state index in [9.17, 15) is 5.11 Å². The summed E-state index contributed by atoms with van der Waals surface area (Å²) in [6.07, 6.45) is 0. The maximum Gasteiger partial charge on any atom is 0.159 e. The molecule has 0 saturated carbocycles. The molecule has 1 heterocycles. The lowest BCUT2D eigenvalue weighted by atomic mass is 10.1. The summed E-state index contributed by atoms with van der Waals surface area (Å²) >= 11 is 0. The average Bonchev–Trinajstić information content (AvgIpc) is 2.35. The van der Waals surface area contributed by atoms with Gasteiger partial charge in [0.25, 0.3) is 0 Å². The molecule has 0 radical (unpaired) electrons. The van der Waals surface area contributed by atoms with Gasteiger partial charge in [-0.1, -0.05) is 12.1 Å². The SMILES string of the molecule is Cc1cc(CNC(C)(C)C)nc(-c2cccc(O)c2)n1. The monoisotopic (exact) mass is 271 g/mol. The van der Waals surface area contributed by atoms with Crippen LogP contribution in [0.2, 0.25) is 0 Å². The highest BCUT2D eigenvalue weighted by atomic mass is 16.3. The van der Waals surface area contributed by atoms with E-state index in [2.05, 4.69) is 36.1 Å². The number of benzene rings is 1. The highest BCUT2D eigenvalue weighted by Gasteiger charge is 2.11. The van der Waals surface area contributed by atoms with E-state index in [1.807, 2.05) is 19.1 Å². The maximum absolute atomic E-state index is 9.56. The molecule has 0 amide bonds. The molecule has 106 valence electrons. The number of aromatic hydroxyl groups is 1. The Hall–Kier alpha value is -1.94. The minimum Gasteiger partial charge on any atom is -0.508 e. The average molecular weight is 271 g/mol. The van der Waals surface area contributed by atoms with Crippen LogP contribution in [0, 0.1) is 6.92 Å². The zero-order valence-corrected chi connectivity index (χ0v) is 12.4. The second-order valence-electron chi connectivity index (χ2n) is 5.98. The third-order valence-corrected chi connectivity index (χ3v) is 2.81. The van der Waals surface area contributed by atoms with Crippen molar-refractivity contribution in [3.63, 3.8) is 0 Å². The van der Waals surface area contributed by atoms with Crippen LogP contribution < -0.4 is 5.32 Å². The van der Waals surface area contributed by atoms with Gasteiger partial charge in [0.05, 0.1) is 5.69 Å². The normalized spacial score (nSPS) is 11.6. The fourth-order valence-corrected chi connectivity index (χ4v) is 1.85. The fourth-order valence-electron chi connectivity index (χ4n) is 1.85. The summed E-state index contributed by atoms with van der Waals surface area (Å²) < 4.78 is 0. The van der Waals surface area contributed by atoms with Crippen LogP contribution >= 0.6 is 0 Å². The van der Waals surface area contributed by atoms with E-state index in [0.29, 0.717) is 12.4 Å². The molecule has 2 N–H and O–H groups in total. The molecule has 1 aromatic heterocycles. The molecule has 0 aliphatic rings. The van der Waals surface area contributed by atoms with Crippen molar-refractivity contribution in [2.75, 3.05) is 0 Å². The van der Waals surface area contributed by atoms with Gasteiger partial charge in [-0.3, -0.25) is 0 Å². The van der Waals surface area contributed by atoms with Gasteiger partial charge in [0.15, 0.2) is 5.82 Å². The van der Waals surface area contributed by atoms with Crippen molar-refractivity contribution in [1.29, 1.82) is 0 Å². The van der Waals surface area contributed by atoms with Crippen molar-refractivity contribution in [3.05, 3.63) is 41.7 Å². The summed E-state index contributed by atoms with van der Waals surface area (Å²) in [5, 5.41) is 13.0. The molecule has 0 unspecified atom stereocenters. The molecule has 0 aliphatic carbocycles. The second-order valence-corrected chi connectivity index (χ2v) is 5.98. The molecule has 0 bridgehead atoms. The summed E-state index contributed by atoms with van der Waals surface area (Å²) in [5.41, 5.74) is 2.74. The lowest BCUT2D eigenvalue weighted by Crippen LogP contribution is -2.35. The first kappa shape index (κ1) is 14.5. The standard InChI is InChI=1S/C16H21N3O/c1-11-8-13(10-17-16(2,3)4)19-15(18-11)12-6-5-7-14(20)9-12/h5-9,17,20H,10H2,1-4H3. The van der Waals surface area contributed by atoms with Crippen LogP contribution in [0.4, 0.5) is 0 Å². The molecule has 4 nitrogen and oxygen atoms in total. The Kier molecular flexibility index (Phi) is 4.04. The number of nitrogens with zero attached hydrogens (tertiary/aromatic N) is 2. The Labute approximate surface area is 119 Å². The van der Waals surface area contributed by atoms with Gasteiger partial charge < -0.3 is 10.4 Å². The number of phenols is 1. The molecule has 2 rings (SSSR count). The zero-order valence-electron chi connectivity index (χ0n) is 12.4. The minimum absolute atomic E-state index is 0.0457. The van der Waals surface area contributed by atoms with Crippen molar-refractivity contribution in [3.8, 4) is 17.1 Å². The number of hydrogen-bond acceptors (Lipinski definition) is 4. The molecular weight excluding hydrogens is 250 g/mol. The van der Waals surface area contributed by atoms with E-state index in [0.717, 1.165) is 17.0 Å². The number of aryl methyl sites for hydroxylation is 1. The molecule has 1 aromatic carbocycles. The smallest absolute Gasteiger partial charge is 0.159 e. The van der Waals surface area contributed by atoms with Crippen LogP contribution in [0.15, 0.2) is 30.3 Å². The van der Waals surface area contributed by atoms with Crippen LogP contribution in [0.3, 0.4) is 0 Å². The van der Waals surface area contributed by atoms with Crippen LogP contribution in [0.1, 0.15) is 32.2 Å². The predicted octanol–water partition coefficient (Wildman–Crippen LogP) is 3.05. The van der Waals surface area contributed by atoms with Gasteiger partial charge in [0.1, 0.15) is 5.75 Å². The first-order valence-electron chi connectivity index (χ1n) is 6.72. The van der Waals surface area contributed by atoms with Gasteiger partial charge in [-0.15, -0.1) is 0 Å². The molecule has 4 heteroatoms. The first-order chi connectivity index (χ1) is 9.33. The largest absolute Gasteiger partial charge is 0.508 e. The molecule has 0 spiro atoms. The summed E-state index contributed by atoms with van der Waals surface area (Å²) in [7, 11) is 0. The summed E-state index contributed by atoms with van der Waals surface area (Å²) in [5.74, 6) is 0.869. The third kappa shape index (κ3) is 4.03. The third-order valence-electron chi connectivity index (χ3n) is 2.81. The van der Waals surface area contributed by atoms with E-state index >= 15 is 0 Å². The lowest BCUT2D eigenvalue weighted by molar-refractivity contribution is 0.421. The number of hydrogen-bond donors (Lipinski definition) is 2. The lowest BCUT2D eigenvalue weighted by Gasteiger charge is -2.20. The van der Waals surface area contributed by atoms with Crippen LogP contribution in [0.5, 0.6) is 5.75 Å². The molecule has 0 saturated heterocycles. The van der Waals surface area contributed by atoms with Gasteiger partial charge in [-0.25, -0.2) is 9.97 Å². The van der Waals surface area contributed by atoms with Gasteiger partial charge in [-0.2, -0.15) is 0 Å². The Morgan fingerprint density at radius 1 is 1.15 bits per heavy atom. The molecule has 0 atom stereocenters. The number of phenolic OH excluding ortho intramolecular Hbond substituents is 1. The molecular formula is C16H21N3O. The van der Waals surface area contributed by atoms with Crippen molar-refractivity contribution >= 4 is 0 Å². The Bertz CT molecular complexity index is 603. The maximum atomic E-state index is 9.56. The second kappa shape index (κ2) is 5.59. The minimum atomic E-state index is 0.0457. The highest BCUT2D eigenvalue weighted by Crippen LogP contribution is 2.20. The molecule has 0 fully saturated rings. The first-order valence-corrected chi connectivity index (χ1v) is 6.72. The van der Waals surface area contributed by atoms with E-state index in [-0.39, 0.29) is 11.3 Å². The van der Waals surface area contributed by atoms with Gasteiger partial charge in [-0.05, 0) is 45.9 Å². The van der Waals surface area contributed by atoms with Crippen LogP contribution in [0.25, 0.3) is 11.4 Å². The van der Waals surface area contributed by atoms with Crippen LogP contribution in [-0.4, -0.2) is 20.6 Å². The van der Waals surface area contributed by atoms with Gasteiger partial charge in [0.2, 0.25) is 0 Å². The summed E-state index contributed by atoms with van der Waals surface area (Å²) in [4.78, 5) is 9.00. The number of nitrogens with one attached hydrogen (secondary N) is 1. The Balaban J connectivity index is 2.29. The van der Waals surface area contributed by atoms with E-state index < -0.39 is 0 Å². The van der Waals surface area contributed by atoms with Crippen molar-refractivity contribution in [1.82, 2.24) is 15.3 Å². The van der Waals surface area contributed by atoms with Crippen molar-refractivity contribution < 1.29 is 5.11 Å². The molecule has 2 aromatic rings. The van der Waals surface area contributed by atoms with Crippen molar-refractivity contribution in [2.45, 2.75) is 39.8 Å². The quantitative estimate of drug-likeness (QED) is 0.901. The molecule has 0 aliphatic heterocycles. The fraction of sp³-hybridized carbons (Fsp3) is 0.375. The molecule has 20 heavy (non-hydrogen) atoms. The number of rotatable bonds is 3. The predicted molar refractivity (Wildman–Crippen MR) is 80.5 cm³/mol. The van der Waals surface area contributed by atoms with Crippen molar-refractivity contribution in [2.24, 2.45) is 0 Å². The van der Waals surface area contributed by atoms with E-state index in [4.69, 9.17) is 0 Å².